The second kappa shape index (κ2) is 6.92. The molecule has 0 rings (SSSR count). The topological polar surface area (TPSA) is 95.5 Å². The van der Waals surface area contributed by atoms with Gasteiger partial charge < -0.3 is 15.7 Å². The Kier molecular flexibility index (Phi) is 6.24. The van der Waals surface area contributed by atoms with Crippen LogP contribution < -0.4 is 10.6 Å². The van der Waals surface area contributed by atoms with Crippen LogP contribution in [-0.4, -0.2) is 34.5 Å². The number of amides is 2. The molecular weight excluding hydrogens is 248 g/mol. The van der Waals surface area contributed by atoms with E-state index in [2.05, 4.69) is 17.2 Å². The van der Waals surface area contributed by atoms with Gasteiger partial charge >= 0.3 is 5.97 Å². The summed E-state index contributed by atoms with van der Waals surface area (Å²) in [5.74, 6) is -2.25. The molecule has 2 unspecified atom stereocenters. The minimum absolute atomic E-state index is 0.293. The van der Waals surface area contributed by atoms with Crippen LogP contribution in [0.4, 0.5) is 0 Å². The van der Waals surface area contributed by atoms with E-state index >= 15 is 0 Å². The quantitative estimate of drug-likeness (QED) is 0.593. The molecule has 0 aromatic heterocycles. The van der Waals surface area contributed by atoms with Gasteiger partial charge in [-0.05, 0) is 33.3 Å². The van der Waals surface area contributed by atoms with Gasteiger partial charge in [0.25, 0.3) is 0 Å². The van der Waals surface area contributed by atoms with Gasteiger partial charge in [-0.2, -0.15) is 0 Å². The van der Waals surface area contributed by atoms with Crippen molar-refractivity contribution in [3.63, 3.8) is 0 Å². The summed E-state index contributed by atoms with van der Waals surface area (Å²) in [7, 11) is 0. The Morgan fingerprint density at radius 1 is 1.32 bits per heavy atom. The highest BCUT2D eigenvalue weighted by Gasteiger charge is 2.30. The predicted octanol–water partition coefficient (Wildman–Crippen LogP) is 0.683. The molecule has 108 valence electrons. The molecule has 0 aliphatic rings. The monoisotopic (exact) mass is 270 g/mol. The van der Waals surface area contributed by atoms with Crippen LogP contribution in [0.3, 0.4) is 0 Å². The number of hydrogen-bond acceptors (Lipinski definition) is 3. The van der Waals surface area contributed by atoms with Crippen LogP contribution in [0.25, 0.3) is 0 Å². The molecule has 0 heterocycles. The molecule has 0 saturated carbocycles. The predicted molar refractivity (Wildman–Crippen MR) is 71.4 cm³/mol. The molecule has 6 nitrogen and oxygen atoms in total. The molecule has 0 saturated heterocycles. The van der Waals surface area contributed by atoms with E-state index in [1.165, 1.54) is 0 Å². The number of carbonyl (C=O) groups excluding carboxylic acids is 2. The first kappa shape index (κ1) is 17.2. The zero-order valence-corrected chi connectivity index (χ0v) is 11.8. The highest BCUT2D eigenvalue weighted by molar-refractivity contribution is 5.94. The summed E-state index contributed by atoms with van der Waals surface area (Å²) in [5.41, 5.74) is -1.08. The third-order valence-corrected chi connectivity index (χ3v) is 2.69. The minimum atomic E-state index is -1.08. The van der Waals surface area contributed by atoms with Crippen molar-refractivity contribution in [2.24, 2.45) is 5.92 Å². The summed E-state index contributed by atoms with van der Waals surface area (Å²) in [4.78, 5) is 33.9. The maximum atomic E-state index is 12.0. The lowest BCUT2D eigenvalue weighted by atomic mass is 10.00. The normalized spacial score (nSPS) is 14.1. The average Bonchev–Trinajstić information content (AvgIpc) is 2.27. The van der Waals surface area contributed by atoms with Crippen LogP contribution in [0.15, 0.2) is 12.7 Å². The van der Waals surface area contributed by atoms with E-state index in [0.717, 1.165) is 6.08 Å². The second-order valence-corrected chi connectivity index (χ2v) is 5.17. The molecule has 0 fully saturated rings. The zero-order chi connectivity index (χ0) is 15.2. The van der Waals surface area contributed by atoms with Gasteiger partial charge in [-0.3, -0.25) is 14.4 Å². The summed E-state index contributed by atoms with van der Waals surface area (Å²) in [6.45, 7) is 9.75. The summed E-state index contributed by atoms with van der Waals surface area (Å²) in [5, 5.41) is 14.0. The fourth-order valence-electron chi connectivity index (χ4n) is 1.51. The molecule has 19 heavy (non-hydrogen) atoms. The lowest BCUT2D eigenvalue weighted by Gasteiger charge is -2.27. The van der Waals surface area contributed by atoms with E-state index in [1.54, 1.807) is 27.7 Å². The molecule has 3 N–H and O–H groups in total. The molecule has 0 aliphatic carbocycles. The zero-order valence-electron chi connectivity index (χ0n) is 11.8. The van der Waals surface area contributed by atoms with Gasteiger partial charge in [-0.15, -0.1) is 0 Å². The van der Waals surface area contributed by atoms with Crippen molar-refractivity contribution >= 4 is 17.8 Å². The lowest BCUT2D eigenvalue weighted by Crippen LogP contribution is -2.56. The smallest absolute Gasteiger partial charge is 0.306 e. The Morgan fingerprint density at radius 2 is 1.84 bits per heavy atom. The SMILES string of the molecule is C=CC(=O)NC(C)(C)C(=O)NC(C)CC(C)C(=O)O. The van der Waals surface area contributed by atoms with Crippen molar-refractivity contribution in [3.8, 4) is 0 Å². The first-order valence-corrected chi connectivity index (χ1v) is 6.08. The van der Waals surface area contributed by atoms with E-state index in [1.807, 2.05) is 0 Å². The van der Waals surface area contributed by atoms with E-state index in [4.69, 9.17) is 5.11 Å². The molecule has 0 aromatic carbocycles. The van der Waals surface area contributed by atoms with Crippen LogP contribution in [-0.2, 0) is 14.4 Å². The highest BCUT2D eigenvalue weighted by atomic mass is 16.4. The molecule has 2 atom stereocenters. The van der Waals surface area contributed by atoms with E-state index in [-0.39, 0.29) is 11.9 Å². The van der Waals surface area contributed by atoms with Gasteiger partial charge in [-0.1, -0.05) is 13.5 Å². The van der Waals surface area contributed by atoms with E-state index in [0.29, 0.717) is 6.42 Å². The molecule has 0 aliphatic heterocycles. The molecule has 2 amide bonds. The van der Waals surface area contributed by atoms with E-state index in [9.17, 15) is 14.4 Å². The molecule has 6 heteroatoms. The van der Waals surface area contributed by atoms with Gasteiger partial charge in [0.15, 0.2) is 0 Å². The second-order valence-electron chi connectivity index (χ2n) is 5.17. The third kappa shape index (κ3) is 6.03. The lowest BCUT2D eigenvalue weighted by molar-refractivity contribution is -0.141. The Hall–Kier alpha value is -1.85. The number of nitrogens with one attached hydrogen (secondary N) is 2. The van der Waals surface area contributed by atoms with Gasteiger partial charge in [0.2, 0.25) is 11.8 Å². The maximum absolute atomic E-state index is 12.0. The number of carbonyl (C=O) groups is 3. The number of aliphatic carboxylic acids is 1. The fourth-order valence-corrected chi connectivity index (χ4v) is 1.51. The van der Waals surface area contributed by atoms with Gasteiger partial charge in [0.05, 0.1) is 5.92 Å². The first-order chi connectivity index (χ1) is 8.60. The molecular formula is C13H22N2O4. The Balaban J connectivity index is 4.46. The molecule has 0 aromatic rings. The third-order valence-electron chi connectivity index (χ3n) is 2.69. The van der Waals surface area contributed by atoms with Crippen LogP contribution in [0, 0.1) is 5.92 Å². The largest absolute Gasteiger partial charge is 0.481 e. The van der Waals surface area contributed by atoms with Gasteiger partial charge in [0, 0.05) is 6.04 Å². The van der Waals surface area contributed by atoms with Crippen molar-refractivity contribution in [1.82, 2.24) is 10.6 Å². The Morgan fingerprint density at radius 3 is 2.26 bits per heavy atom. The first-order valence-electron chi connectivity index (χ1n) is 6.08. The van der Waals surface area contributed by atoms with Crippen molar-refractivity contribution in [1.29, 1.82) is 0 Å². The maximum Gasteiger partial charge on any atom is 0.306 e. The number of rotatable bonds is 7. The number of carboxylic acids is 1. The van der Waals surface area contributed by atoms with Crippen LogP contribution in [0.5, 0.6) is 0 Å². The Bertz CT molecular complexity index is 377. The fraction of sp³-hybridized carbons (Fsp3) is 0.615. The van der Waals surface area contributed by atoms with Crippen LogP contribution in [0.2, 0.25) is 0 Å². The van der Waals surface area contributed by atoms with E-state index < -0.39 is 23.3 Å². The van der Waals surface area contributed by atoms with Crippen molar-refractivity contribution in [2.75, 3.05) is 0 Å². The standard InChI is InChI=1S/C13H22N2O4/c1-6-10(16)15-13(4,5)12(19)14-9(3)7-8(2)11(17)18/h6,8-9H,1,7H2,2-5H3,(H,14,19)(H,15,16)(H,17,18). The van der Waals surface area contributed by atoms with Crippen molar-refractivity contribution in [2.45, 2.75) is 45.7 Å². The van der Waals surface area contributed by atoms with Gasteiger partial charge in [0.1, 0.15) is 5.54 Å². The van der Waals surface area contributed by atoms with Gasteiger partial charge in [-0.25, -0.2) is 0 Å². The van der Waals surface area contributed by atoms with Crippen molar-refractivity contribution in [3.05, 3.63) is 12.7 Å². The molecule has 0 spiro atoms. The minimum Gasteiger partial charge on any atom is -0.481 e. The highest BCUT2D eigenvalue weighted by Crippen LogP contribution is 2.08. The van der Waals surface area contributed by atoms with Crippen LogP contribution >= 0.6 is 0 Å². The summed E-state index contributed by atoms with van der Waals surface area (Å²) >= 11 is 0. The summed E-state index contributed by atoms with van der Waals surface area (Å²) in [6, 6.07) is -0.293. The number of carboxylic acid groups (broad SMARTS) is 1. The van der Waals surface area contributed by atoms with Crippen molar-refractivity contribution < 1.29 is 19.5 Å². The summed E-state index contributed by atoms with van der Waals surface area (Å²) in [6.07, 6.45) is 1.41. The molecule has 0 radical (unpaired) electrons. The Labute approximate surface area is 113 Å². The molecule has 0 bridgehead atoms. The van der Waals surface area contributed by atoms with Crippen LogP contribution in [0.1, 0.15) is 34.1 Å². The summed E-state index contributed by atoms with van der Waals surface area (Å²) < 4.78 is 0. The number of hydrogen-bond donors (Lipinski definition) is 3. The average molecular weight is 270 g/mol.